The molecule has 1 N–H and O–H groups in total. The van der Waals surface area contributed by atoms with Gasteiger partial charge < -0.3 is 9.84 Å². The van der Waals surface area contributed by atoms with E-state index in [2.05, 4.69) is 20.6 Å². The summed E-state index contributed by atoms with van der Waals surface area (Å²) in [5.74, 6) is -0.358. The van der Waals surface area contributed by atoms with Crippen LogP contribution >= 0.6 is 0 Å². The first-order chi connectivity index (χ1) is 11.8. The number of aromatic nitrogens is 4. The van der Waals surface area contributed by atoms with Gasteiger partial charge in [-0.15, -0.1) is 0 Å². The molecule has 0 saturated carbocycles. The molecule has 0 radical (unpaired) electrons. The SMILES string of the molecule is Cc1cc(C(=O)Nc2cnn(CC(F)F)c2)c2c(C(C)C)noc2n1. The summed E-state index contributed by atoms with van der Waals surface area (Å²) in [6.07, 6.45) is 0.158. The van der Waals surface area contributed by atoms with E-state index >= 15 is 0 Å². The van der Waals surface area contributed by atoms with E-state index in [0.29, 0.717) is 33.7 Å². The van der Waals surface area contributed by atoms with Crippen molar-refractivity contribution in [1.82, 2.24) is 19.9 Å². The topological polar surface area (TPSA) is 85.8 Å². The Morgan fingerprint density at radius 1 is 1.40 bits per heavy atom. The Balaban J connectivity index is 1.94. The number of carbonyl (C=O) groups is 1. The molecule has 1 amide bonds. The summed E-state index contributed by atoms with van der Waals surface area (Å²) in [5.41, 5.74) is 2.24. The third-order valence-corrected chi connectivity index (χ3v) is 3.61. The number of amides is 1. The highest BCUT2D eigenvalue weighted by Gasteiger charge is 2.21. The molecular formula is C16H17F2N5O2. The van der Waals surface area contributed by atoms with Gasteiger partial charge in [0.1, 0.15) is 6.54 Å². The summed E-state index contributed by atoms with van der Waals surface area (Å²) in [6, 6.07) is 1.64. The second kappa shape index (κ2) is 6.58. The van der Waals surface area contributed by atoms with E-state index in [-0.39, 0.29) is 5.92 Å². The van der Waals surface area contributed by atoms with Crippen molar-refractivity contribution >= 4 is 22.7 Å². The number of nitrogens with one attached hydrogen (secondary N) is 1. The van der Waals surface area contributed by atoms with Gasteiger partial charge in [0.05, 0.1) is 28.5 Å². The van der Waals surface area contributed by atoms with Gasteiger partial charge in [0, 0.05) is 11.9 Å². The Morgan fingerprint density at radius 2 is 2.16 bits per heavy atom. The van der Waals surface area contributed by atoms with Crippen LogP contribution in [0.2, 0.25) is 0 Å². The van der Waals surface area contributed by atoms with Gasteiger partial charge in [-0.05, 0) is 18.9 Å². The predicted octanol–water partition coefficient (Wildman–Crippen LogP) is 3.37. The monoisotopic (exact) mass is 349 g/mol. The molecule has 0 unspecified atom stereocenters. The van der Waals surface area contributed by atoms with Crippen molar-refractivity contribution in [3.8, 4) is 0 Å². The Morgan fingerprint density at radius 3 is 2.84 bits per heavy atom. The minimum absolute atomic E-state index is 0.0473. The number of rotatable bonds is 5. The summed E-state index contributed by atoms with van der Waals surface area (Å²) < 4.78 is 31.1. The number of anilines is 1. The number of nitrogens with zero attached hydrogens (tertiary/aromatic N) is 4. The minimum atomic E-state index is -2.52. The first kappa shape index (κ1) is 17.0. The molecule has 0 spiro atoms. The number of carbonyl (C=O) groups excluding carboxylic acids is 1. The van der Waals surface area contributed by atoms with Crippen molar-refractivity contribution in [3.05, 3.63) is 35.4 Å². The van der Waals surface area contributed by atoms with E-state index in [0.717, 1.165) is 4.68 Å². The van der Waals surface area contributed by atoms with Gasteiger partial charge in [-0.1, -0.05) is 19.0 Å². The molecule has 0 aliphatic carbocycles. The third kappa shape index (κ3) is 3.49. The van der Waals surface area contributed by atoms with Gasteiger partial charge >= 0.3 is 0 Å². The van der Waals surface area contributed by atoms with Crippen LogP contribution < -0.4 is 5.32 Å². The lowest BCUT2D eigenvalue weighted by Crippen LogP contribution is -2.13. The fourth-order valence-electron chi connectivity index (χ4n) is 2.54. The van der Waals surface area contributed by atoms with E-state index in [9.17, 15) is 13.6 Å². The van der Waals surface area contributed by atoms with Crippen LogP contribution in [0.1, 0.15) is 41.5 Å². The van der Waals surface area contributed by atoms with Crippen LogP contribution in [0.25, 0.3) is 11.1 Å². The highest BCUT2D eigenvalue weighted by molar-refractivity contribution is 6.12. The standard InChI is InChI=1S/C16H17F2N5O2/c1-8(2)14-13-11(4-9(3)20-16(13)25-22-14)15(24)21-10-5-19-23(6-10)7-12(17)18/h4-6,8,12H,7H2,1-3H3,(H,21,24). The molecule has 0 fully saturated rings. The van der Waals surface area contributed by atoms with Crippen molar-refractivity contribution in [2.75, 3.05) is 5.32 Å². The minimum Gasteiger partial charge on any atom is -0.335 e. The predicted molar refractivity (Wildman–Crippen MR) is 86.8 cm³/mol. The second-order valence-corrected chi connectivity index (χ2v) is 6.01. The van der Waals surface area contributed by atoms with Crippen LogP contribution in [0.3, 0.4) is 0 Å². The lowest BCUT2D eigenvalue weighted by Gasteiger charge is -2.07. The van der Waals surface area contributed by atoms with Gasteiger partial charge in [0.25, 0.3) is 18.0 Å². The summed E-state index contributed by atoms with van der Waals surface area (Å²) in [4.78, 5) is 16.9. The summed E-state index contributed by atoms with van der Waals surface area (Å²) in [6.45, 7) is 5.09. The van der Waals surface area contributed by atoms with Gasteiger partial charge in [0.2, 0.25) is 0 Å². The number of hydrogen-bond acceptors (Lipinski definition) is 5. The molecule has 0 aliphatic rings. The molecule has 7 nitrogen and oxygen atoms in total. The molecule has 0 aromatic carbocycles. The number of halogens is 2. The van der Waals surface area contributed by atoms with Crippen molar-refractivity contribution in [1.29, 1.82) is 0 Å². The van der Waals surface area contributed by atoms with Crippen LogP contribution in [0.4, 0.5) is 14.5 Å². The molecule has 25 heavy (non-hydrogen) atoms. The third-order valence-electron chi connectivity index (χ3n) is 3.61. The van der Waals surface area contributed by atoms with E-state index in [4.69, 9.17) is 4.52 Å². The maximum Gasteiger partial charge on any atom is 0.259 e. The highest BCUT2D eigenvalue weighted by atomic mass is 19.3. The fraction of sp³-hybridized carbons (Fsp3) is 0.375. The van der Waals surface area contributed by atoms with Crippen LogP contribution in [0.5, 0.6) is 0 Å². The molecule has 3 aromatic rings. The van der Waals surface area contributed by atoms with Crippen molar-refractivity contribution in [2.24, 2.45) is 0 Å². The summed E-state index contributed by atoms with van der Waals surface area (Å²) in [5, 5.41) is 11.0. The first-order valence-corrected chi connectivity index (χ1v) is 7.74. The van der Waals surface area contributed by atoms with Gasteiger partial charge in [-0.2, -0.15) is 5.10 Å². The number of hydrogen-bond donors (Lipinski definition) is 1. The highest BCUT2D eigenvalue weighted by Crippen LogP contribution is 2.28. The number of pyridine rings is 1. The van der Waals surface area contributed by atoms with Crippen molar-refractivity contribution < 1.29 is 18.1 Å². The number of alkyl halides is 2. The molecule has 3 heterocycles. The van der Waals surface area contributed by atoms with Gasteiger partial charge in [-0.25, -0.2) is 13.8 Å². The normalized spacial score (nSPS) is 11.6. The molecule has 0 bridgehead atoms. The number of fused-ring (bicyclic) bond motifs is 1. The van der Waals surface area contributed by atoms with Crippen molar-refractivity contribution in [2.45, 2.75) is 39.7 Å². The molecule has 3 aromatic heterocycles. The maximum absolute atomic E-state index is 12.7. The molecule has 0 atom stereocenters. The summed E-state index contributed by atoms with van der Waals surface area (Å²) >= 11 is 0. The smallest absolute Gasteiger partial charge is 0.259 e. The quantitative estimate of drug-likeness (QED) is 0.763. The maximum atomic E-state index is 12.7. The number of aryl methyl sites for hydroxylation is 1. The molecule has 3 rings (SSSR count). The lowest BCUT2D eigenvalue weighted by molar-refractivity contribution is 0.102. The largest absolute Gasteiger partial charge is 0.335 e. The molecule has 132 valence electrons. The zero-order valence-electron chi connectivity index (χ0n) is 14.0. The van der Waals surface area contributed by atoms with Crippen molar-refractivity contribution in [3.63, 3.8) is 0 Å². The van der Waals surface area contributed by atoms with E-state index in [1.807, 2.05) is 13.8 Å². The Hall–Kier alpha value is -2.84. The van der Waals surface area contributed by atoms with E-state index in [1.54, 1.807) is 13.0 Å². The van der Waals surface area contributed by atoms with Crippen LogP contribution in [-0.2, 0) is 6.54 Å². The zero-order chi connectivity index (χ0) is 18.1. The Kier molecular flexibility index (Phi) is 4.47. The fourth-order valence-corrected chi connectivity index (χ4v) is 2.54. The first-order valence-electron chi connectivity index (χ1n) is 7.74. The summed E-state index contributed by atoms with van der Waals surface area (Å²) in [7, 11) is 0. The van der Waals surface area contributed by atoms with Gasteiger partial charge in [-0.3, -0.25) is 9.48 Å². The average molecular weight is 349 g/mol. The van der Waals surface area contributed by atoms with Crippen LogP contribution in [0.15, 0.2) is 23.0 Å². The molecule has 9 heteroatoms. The molecular weight excluding hydrogens is 332 g/mol. The second-order valence-electron chi connectivity index (χ2n) is 6.01. The van der Waals surface area contributed by atoms with Crippen LogP contribution in [0, 0.1) is 6.92 Å². The lowest BCUT2D eigenvalue weighted by atomic mass is 10.0. The molecule has 0 saturated heterocycles. The van der Waals surface area contributed by atoms with E-state index in [1.165, 1.54) is 12.4 Å². The van der Waals surface area contributed by atoms with Gasteiger partial charge in [0.15, 0.2) is 0 Å². The average Bonchev–Trinajstić information content (AvgIpc) is 3.12. The van der Waals surface area contributed by atoms with Crippen LogP contribution in [-0.4, -0.2) is 32.3 Å². The Labute approximate surface area is 142 Å². The Bertz CT molecular complexity index is 917. The molecule has 0 aliphatic heterocycles. The zero-order valence-corrected chi connectivity index (χ0v) is 14.0. The van der Waals surface area contributed by atoms with E-state index < -0.39 is 18.9 Å².